The maximum absolute atomic E-state index is 13.6. The van der Waals surface area contributed by atoms with Gasteiger partial charge in [0.15, 0.2) is 5.78 Å². The average Bonchev–Trinajstić information content (AvgIpc) is 2.16. The normalized spacial score (nSPS) is 11.6. The largest absolute Gasteiger partial charge is 0.313 e. The van der Waals surface area contributed by atoms with Gasteiger partial charge in [0.1, 0.15) is 11.5 Å². The summed E-state index contributed by atoms with van der Waals surface area (Å²) in [5.74, 6) is -1.00. The van der Waals surface area contributed by atoms with Crippen LogP contribution in [0.15, 0.2) is 18.2 Å². The number of hydrogen-bond acceptors (Lipinski definition) is 2. The van der Waals surface area contributed by atoms with Crippen molar-refractivity contribution in [1.29, 1.82) is 0 Å². The van der Waals surface area contributed by atoms with Gasteiger partial charge < -0.3 is 5.32 Å². The van der Waals surface area contributed by atoms with Crippen LogP contribution in [0.5, 0.6) is 0 Å². The van der Waals surface area contributed by atoms with Crippen molar-refractivity contribution in [2.75, 3.05) is 13.6 Å². The Morgan fingerprint density at radius 2 is 2.06 bits per heavy atom. The number of hydrogen-bond donors (Lipinski definition) is 1. The SMILES string of the molecule is CNCC(=O)c1cc(C(C)(C)F)ccc1F. The maximum atomic E-state index is 13.6. The third-order valence-electron chi connectivity index (χ3n) is 2.29. The molecule has 0 atom stereocenters. The molecule has 88 valence electrons. The van der Waals surface area contributed by atoms with Gasteiger partial charge in [-0.05, 0) is 38.6 Å². The third-order valence-corrected chi connectivity index (χ3v) is 2.29. The molecule has 0 fully saturated rings. The zero-order chi connectivity index (χ0) is 12.3. The second-order valence-corrected chi connectivity index (χ2v) is 4.12. The molecule has 1 aromatic carbocycles. The lowest BCUT2D eigenvalue weighted by Gasteiger charge is -2.15. The number of ketones is 1. The molecule has 0 unspecified atom stereocenters. The Morgan fingerprint density at radius 3 is 2.56 bits per heavy atom. The fourth-order valence-electron chi connectivity index (χ4n) is 1.36. The Labute approximate surface area is 93.7 Å². The van der Waals surface area contributed by atoms with E-state index in [1.165, 1.54) is 26.0 Å². The number of nitrogens with one attached hydrogen (secondary N) is 1. The van der Waals surface area contributed by atoms with Crippen LogP contribution in [0.4, 0.5) is 8.78 Å². The van der Waals surface area contributed by atoms with Crippen molar-refractivity contribution in [3.05, 3.63) is 35.1 Å². The van der Waals surface area contributed by atoms with Gasteiger partial charge in [0, 0.05) is 0 Å². The lowest BCUT2D eigenvalue weighted by atomic mass is 9.96. The van der Waals surface area contributed by atoms with E-state index in [1.54, 1.807) is 7.05 Å². The highest BCUT2D eigenvalue weighted by Gasteiger charge is 2.21. The molecule has 0 radical (unpaired) electrons. The minimum Gasteiger partial charge on any atom is -0.313 e. The third kappa shape index (κ3) is 2.85. The predicted octanol–water partition coefficient (Wildman–Crippen LogP) is 2.43. The molecule has 2 nitrogen and oxygen atoms in total. The van der Waals surface area contributed by atoms with E-state index >= 15 is 0 Å². The second kappa shape index (κ2) is 4.70. The van der Waals surface area contributed by atoms with Crippen LogP contribution in [-0.4, -0.2) is 19.4 Å². The van der Waals surface area contributed by atoms with E-state index < -0.39 is 11.5 Å². The fraction of sp³-hybridized carbons (Fsp3) is 0.417. The summed E-state index contributed by atoms with van der Waals surface area (Å²) < 4.78 is 27.0. The summed E-state index contributed by atoms with van der Waals surface area (Å²) in [6.45, 7) is 2.77. The molecule has 0 saturated heterocycles. The van der Waals surface area contributed by atoms with E-state index in [4.69, 9.17) is 0 Å². The Morgan fingerprint density at radius 1 is 1.44 bits per heavy atom. The zero-order valence-corrected chi connectivity index (χ0v) is 9.60. The summed E-state index contributed by atoms with van der Waals surface area (Å²) >= 11 is 0. The molecule has 0 bridgehead atoms. The molecule has 0 spiro atoms. The molecule has 0 aliphatic rings. The van der Waals surface area contributed by atoms with Gasteiger partial charge in [0.2, 0.25) is 0 Å². The van der Waals surface area contributed by atoms with Crippen molar-refractivity contribution in [3.63, 3.8) is 0 Å². The maximum Gasteiger partial charge on any atom is 0.179 e. The number of Topliss-reactive ketones (excluding diaryl/α,β-unsaturated/α-hetero) is 1. The summed E-state index contributed by atoms with van der Waals surface area (Å²) in [4.78, 5) is 11.5. The summed E-state index contributed by atoms with van der Waals surface area (Å²) in [5.41, 5.74) is -1.35. The molecule has 1 rings (SSSR count). The number of benzene rings is 1. The van der Waals surface area contributed by atoms with Gasteiger partial charge >= 0.3 is 0 Å². The quantitative estimate of drug-likeness (QED) is 0.800. The molecule has 0 aromatic heterocycles. The summed E-state index contributed by atoms with van der Waals surface area (Å²) in [6, 6.07) is 3.75. The van der Waals surface area contributed by atoms with Crippen LogP contribution in [0.2, 0.25) is 0 Å². The van der Waals surface area contributed by atoms with Crippen LogP contribution in [0, 0.1) is 5.82 Å². The smallest absolute Gasteiger partial charge is 0.179 e. The lowest BCUT2D eigenvalue weighted by Crippen LogP contribution is -2.20. The first-order valence-electron chi connectivity index (χ1n) is 5.03. The van der Waals surface area contributed by atoms with Gasteiger partial charge in [-0.15, -0.1) is 0 Å². The molecule has 0 aliphatic carbocycles. The number of carbonyl (C=O) groups excluding carboxylic acids is 1. The van der Waals surface area contributed by atoms with Crippen LogP contribution in [0.25, 0.3) is 0 Å². The van der Waals surface area contributed by atoms with Crippen molar-refractivity contribution in [2.24, 2.45) is 0 Å². The Balaban J connectivity index is 3.14. The average molecular weight is 227 g/mol. The number of likely N-dealkylation sites (N-methyl/N-ethyl adjacent to an activating group) is 1. The first-order valence-corrected chi connectivity index (χ1v) is 5.03. The first kappa shape index (κ1) is 12.8. The van der Waals surface area contributed by atoms with Crippen LogP contribution >= 0.6 is 0 Å². The lowest BCUT2D eigenvalue weighted by molar-refractivity contribution is 0.0989. The van der Waals surface area contributed by atoms with Gasteiger partial charge in [-0.1, -0.05) is 6.07 Å². The van der Waals surface area contributed by atoms with E-state index in [2.05, 4.69) is 5.32 Å². The molecule has 4 heteroatoms. The molecule has 1 aromatic rings. The second-order valence-electron chi connectivity index (χ2n) is 4.12. The Hall–Kier alpha value is -1.29. The number of alkyl halides is 1. The van der Waals surface area contributed by atoms with Gasteiger partial charge in [0.25, 0.3) is 0 Å². The molecule has 0 amide bonds. The van der Waals surface area contributed by atoms with Gasteiger partial charge in [-0.3, -0.25) is 4.79 Å². The first-order chi connectivity index (χ1) is 7.36. The Bertz CT molecular complexity index is 396. The van der Waals surface area contributed by atoms with E-state index in [9.17, 15) is 13.6 Å². The molecule has 1 N–H and O–H groups in total. The molecular weight excluding hydrogens is 212 g/mol. The minimum atomic E-state index is -1.58. The molecule has 0 saturated carbocycles. The minimum absolute atomic E-state index is 0.0348. The van der Waals surface area contributed by atoms with E-state index in [1.807, 2.05) is 0 Å². The van der Waals surface area contributed by atoms with Crippen molar-refractivity contribution in [3.8, 4) is 0 Å². The zero-order valence-electron chi connectivity index (χ0n) is 9.60. The predicted molar refractivity (Wildman–Crippen MR) is 58.8 cm³/mol. The van der Waals surface area contributed by atoms with Gasteiger partial charge in [-0.25, -0.2) is 8.78 Å². The number of carbonyl (C=O) groups is 1. The van der Waals surface area contributed by atoms with Crippen molar-refractivity contribution >= 4 is 5.78 Å². The standard InChI is InChI=1S/C12H15F2NO/c1-12(2,14)8-4-5-10(13)9(6-8)11(16)7-15-3/h4-6,15H,7H2,1-3H3. The highest BCUT2D eigenvalue weighted by atomic mass is 19.1. The van der Waals surface area contributed by atoms with Crippen LogP contribution in [0.1, 0.15) is 29.8 Å². The molecule has 0 aliphatic heterocycles. The molecule has 0 heterocycles. The van der Waals surface area contributed by atoms with Crippen LogP contribution in [0.3, 0.4) is 0 Å². The van der Waals surface area contributed by atoms with E-state index in [-0.39, 0.29) is 17.9 Å². The monoisotopic (exact) mass is 227 g/mol. The number of rotatable bonds is 4. The highest BCUT2D eigenvalue weighted by Crippen LogP contribution is 2.26. The summed E-state index contributed by atoms with van der Waals surface area (Å²) in [7, 11) is 1.60. The van der Waals surface area contributed by atoms with Crippen molar-refractivity contribution in [2.45, 2.75) is 19.5 Å². The van der Waals surface area contributed by atoms with Crippen LogP contribution < -0.4 is 5.32 Å². The number of halogens is 2. The topological polar surface area (TPSA) is 29.1 Å². The van der Waals surface area contributed by atoms with Gasteiger partial charge in [0.05, 0.1) is 12.1 Å². The van der Waals surface area contributed by atoms with Crippen molar-refractivity contribution in [1.82, 2.24) is 5.32 Å². The fourth-order valence-corrected chi connectivity index (χ4v) is 1.36. The highest BCUT2D eigenvalue weighted by molar-refractivity contribution is 5.98. The molecule has 16 heavy (non-hydrogen) atoms. The van der Waals surface area contributed by atoms with Gasteiger partial charge in [-0.2, -0.15) is 0 Å². The van der Waals surface area contributed by atoms with Crippen molar-refractivity contribution < 1.29 is 13.6 Å². The van der Waals surface area contributed by atoms with E-state index in [0.717, 1.165) is 6.07 Å². The molecular formula is C12H15F2NO. The summed E-state index contributed by atoms with van der Waals surface area (Å²) in [5, 5.41) is 2.64. The van der Waals surface area contributed by atoms with E-state index in [0.29, 0.717) is 5.56 Å². The van der Waals surface area contributed by atoms with Crippen LogP contribution in [-0.2, 0) is 5.67 Å². The summed E-state index contributed by atoms with van der Waals surface area (Å²) in [6.07, 6.45) is 0. The Kier molecular flexibility index (Phi) is 3.75.